The van der Waals surface area contributed by atoms with E-state index in [0.717, 1.165) is 11.1 Å². The first kappa shape index (κ1) is 15.5. The summed E-state index contributed by atoms with van der Waals surface area (Å²) in [6.45, 7) is 3.63. The molecule has 0 aliphatic rings. The maximum absolute atomic E-state index is 12.2. The normalized spacial score (nSPS) is 10.1. The van der Waals surface area contributed by atoms with Gasteiger partial charge in [0, 0.05) is 0 Å². The molecule has 0 amide bonds. The van der Waals surface area contributed by atoms with Gasteiger partial charge in [-0.25, -0.2) is 4.79 Å². The topological polar surface area (TPSA) is 78.7 Å². The summed E-state index contributed by atoms with van der Waals surface area (Å²) in [4.78, 5) is 22.7. The van der Waals surface area contributed by atoms with E-state index in [9.17, 15) is 14.9 Å². The van der Waals surface area contributed by atoms with Crippen LogP contribution in [0.4, 0.5) is 5.69 Å². The quantitative estimate of drug-likeness (QED) is 0.374. The first-order valence-corrected chi connectivity index (χ1v) is 6.54. The molecule has 0 saturated heterocycles. The van der Waals surface area contributed by atoms with Gasteiger partial charge in [-0.1, -0.05) is 17.7 Å². The number of aryl methyl sites for hydroxylation is 2. The van der Waals surface area contributed by atoms with E-state index in [2.05, 4.69) is 0 Å². The summed E-state index contributed by atoms with van der Waals surface area (Å²) in [5, 5.41) is 11.1. The van der Waals surface area contributed by atoms with Gasteiger partial charge in [-0.05, 0) is 37.6 Å². The average molecular weight is 301 g/mol. The molecule has 6 nitrogen and oxygen atoms in total. The summed E-state index contributed by atoms with van der Waals surface area (Å²) in [5.74, 6) is -0.426. The number of rotatable bonds is 4. The molecule has 0 saturated carbocycles. The maximum atomic E-state index is 12.2. The molecule has 2 aromatic carbocycles. The van der Waals surface area contributed by atoms with Crippen molar-refractivity contribution in [3.63, 3.8) is 0 Å². The lowest BCUT2D eigenvalue weighted by Gasteiger charge is -2.09. The Morgan fingerprint density at radius 3 is 2.50 bits per heavy atom. The lowest BCUT2D eigenvalue weighted by Crippen LogP contribution is -2.11. The van der Waals surface area contributed by atoms with Crippen LogP contribution in [0.15, 0.2) is 36.4 Å². The molecule has 2 rings (SSSR count). The number of carbonyl (C=O) groups is 1. The lowest BCUT2D eigenvalue weighted by atomic mass is 10.1. The van der Waals surface area contributed by atoms with Crippen LogP contribution in [0.1, 0.15) is 21.5 Å². The highest BCUT2D eigenvalue weighted by Crippen LogP contribution is 2.31. The van der Waals surface area contributed by atoms with Crippen LogP contribution in [0.5, 0.6) is 11.5 Å². The Hall–Kier alpha value is -2.89. The van der Waals surface area contributed by atoms with E-state index in [1.807, 2.05) is 13.0 Å². The fourth-order valence-electron chi connectivity index (χ4n) is 1.96. The van der Waals surface area contributed by atoms with Crippen molar-refractivity contribution in [3.05, 3.63) is 63.2 Å². The van der Waals surface area contributed by atoms with Crippen molar-refractivity contribution in [2.24, 2.45) is 0 Å². The molecule has 0 spiro atoms. The molecule has 0 heterocycles. The molecule has 0 bridgehead atoms. The zero-order valence-electron chi connectivity index (χ0n) is 12.5. The van der Waals surface area contributed by atoms with Crippen molar-refractivity contribution >= 4 is 11.7 Å². The second-order valence-corrected chi connectivity index (χ2v) is 4.80. The van der Waals surface area contributed by atoms with Crippen LogP contribution in [0.3, 0.4) is 0 Å². The third kappa shape index (κ3) is 3.22. The smallest absolute Gasteiger partial charge is 0.344 e. The molecular weight excluding hydrogens is 286 g/mol. The number of hydrogen-bond donors (Lipinski definition) is 0. The Kier molecular flexibility index (Phi) is 4.41. The van der Waals surface area contributed by atoms with E-state index in [0.29, 0.717) is 11.3 Å². The van der Waals surface area contributed by atoms with Gasteiger partial charge in [0.2, 0.25) is 5.75 Å². The van der Waals surface area contributed by atoms with Crippen molar-refractivity contribution in [2.45, 2.75) is 13.8 Å². The predicted octanol–water partition coefficient (Wildman–Crippen LogP) is 3.44. The fourth-order valence-corrected chi connectivity index (χ4v) is 1.96. The zero-order valence-corrected chi connectivity index (χ0v) is 12.5. The zero-order chi connectivity index (χ0) is 16.3. The Bertz CT molecular complexity index is 739. The summed E-state index contributed by atoms with van der Waals surface area (Å²) in [6, 6.07) is 9.42. The van der Waals surface area contributed by atoms with Gasteiger partial charge in [-0.15, -0.1) is 0 Å². The summed E-state index contributed by atoms with van der Waals surface area (Å²) < 4.78 is 10.1. The lowest BCUT2D eigenvalue weighted by molar-refractivity contribution is -0.385. The van der Waals surface area contributed by atoms with E-state index < -0.39 is 10.9 Å². The van der Waals surface area contributed by atoms with Crippen LogP contribution in [0.25, 0.3) is 0 Å². The summed E-state index contributed by atoms with van der Waals surface area (Å²) in [7, 11) is 1.40. The van der Waals surface area contributed by atoms with Gasteiger partial charge in [0.15, 0.2) is 0 Å². The Morgan fingerprint density at radius 2 is 1.86 bits per heavy atom. The number of nitro benzene ring substituents is 1. The molecule has 0 N–H and O–H groups in total. The van der Waals surface area contributed by atoms with Crippen molar-refractivity contribution in [3.8, 4) is 11.5 Å². The molecule has 6 heteroatoms. The van der Waals surface area contributed by atoms with E-state index in [4.69, 9.17) is 9.47 Å². The molecule has 2 aromatic rings. The third-order valence-electron chi connectivity index (χ3n) is 3.18. The molecule has 0 atom stereocenters. The second kappa shape index (κ2) is 6.26. The molecule has 0 fully saturated rings. The minimum Gasteiger partial charge on any atom is -0.496 e. The number of hydrogen-bond acceptors (Lipinski definition) is 5. The molecule has 0 radical (unpaired) electrons. The van der Waals surface area contributed by atoms with Crippen molar-refractivity contribution in [1.82, 2.24) is 0 Å². The number of carbonyl (C=O) groups excluding carboxylic acids is 1. The van der Waals surface area contributed by atoms with Crippen molar-refractivity contribution in [2.75, 3.05) is 7.11 Å². The van der Waals surface area contributed by atoms with Crippen LogP contribution in [-0.2, 0) is 0 Å². The Labute approximate surface area is 127 Å². The summed E-state index contributed by atoms with van der Waals surface area (Å²) >= 11 is 0. The van der Waals surface area contributed by atoms with Gasteiger partial charge in [0.1, 0.15) is 5.75 Å². The first-order chi connectivity index (χ1) is 10.4. The Balaban J connectivity index is 2.36. The Morgan fingerprint density at radius 1 is 1.14 bits per heavy atom. The van der Waals surface area contributed by atoms with Crippen LogP contribution in [-0.4, -0.2) is 18.0 Å². The molecule has 0 aliphatic carbocycles. The predicted molar refractivity (Wildman–Crippen MR) is 80.5 cm³/mol. The van der Waals surface area contributed by atoms with Crippen LogP contribution >= 0.6 is 0 Å². The highest BCUT2D eigenvalue weighted by atomic mass is 16.6. The number of methoxy groups -OCH3 is 1. The standard InChI is InChI=1S/C16H15NO5/c1-10-4-5-11(2)13(8-10)16(18)22-15-7-6-12(21-3)9-14(15)17(19)20/h4-9H,1-3H3. The van der Waals surface area contributed by atoms with Crippen LogP contribution < -0.4 is 9.47 Å². The molecule has 0 aliphatic heterocycles. The molecule has 0 unspecified atom stereocenters. The number of ether oxygens (including phenoxy) is 2. The van der Waals surface area contributed by atoms with Gasteiger partial charge in [0.05, 0.1) is 23.7 Å². The monoisotopic (exact) mass is 301 g/mol. The van der Waals surface area contributed by atoms with E-state index in [1.165, 1.54) is 25.3 Å². The van der Waals surface area contributed by atoms with Crippen molar-refractivity contribution in [1.29, 1.82) is 0 Å². The van der Waals surface area contributed by atoms with Crippen LogP contribution in [0.2, 0.25) is 0 Å². The van der Waals surface area contributed by atoms with E-state index >= 15 is 0 Å². The highest BCUT2D eigenvalue weighted by molar-refractivity contribution is 5.93. The maximum Gasteiger partial charge on any atom is 0.344 e. The second-order valence-electron chi connectivity index (χ2n) is 4.80. The number of nitro groups is 1. The number of nitrogens with zero attached hydrogens (tertiary/aromatic N) is 1. The van der Waals surface area contributed by atoms with Gasteiger partial charge < -0.3 is 9.47 Å². The number of benzene rings is 2. The minimum atomic E-state index is -0.630. The van der Waals surface area contributed by atoms with Gasteiger partial charge >= 0.3 is 11.7 Å². The SMILES string of the molecule is COc1ccc(OC(=O)c2cc(C)ccc2C)c([N+](=O)[O-])c1. The molecule has 22 heavy (non-hydrogen) atoms. The molecular formula is C16H15NO5. The van der Waals surface area contributed by atoms with Gasteiger partial charge in [0.25, 0.3) is 0 Å². The van der Waals surface area contributed by atoms with Crippen LogP contribution in [0, 0.1) is 24.0 Å². The molecule has 114 valence electrons. The van der Waals surface area contributed by atoms with Crippen molar-refractivity contribution < 1.29 is 19.2 Å². The summed E-state index contributed by atoms with van der Waals surface area (Å²) in [5.41, 5.74) is 1.71. The highest BCUT2D eigenvalue weighted by Gasteiger charge is 2.21. The van der Waals surface area contributed by atoms with E-state index in [1.54, 1.807) is 19.1 Å². The first-order valence-electron chi connectivity index (χ1n) is 6.54. The summed E-state index contributed by atoms with van der Waals surface area (Å²) in [6.07, 6.45) is 0. The fraction of sp³-hybridized carbons (Fsp3) is 0.188. The largest absolute Gasteiger partial charge is 0.496 e. The third-order valence-corrected chi connectivity index (χ3v) is 3.18. The average Bonchev–Trinajstić information content (AvgIpc) is 2.49. The number of esters is 1. The molecule has 0 aromatic heterocycles. The van der Waals surface area contributed by atoms with E-state index in [-0.39, 0.29) is 11.4 Å². The minimum absolute atomic E-state index is 0.114. The van der Waals surface area contributed by atoms with Gasteiger partial charge in [-0.3, -0.25) is 10.1 Å². The van der Waals surface area contributed by atoms with Gasteiger partial charge in [-0.2, -0.15) is 0 Å².